The Bertz CT molecular complexity index is 649. The van der Waals surface area contributed by atoms with Crippen molar-refractivity contribution in [1.29, 1.82) is 0 Å². The largest absolute Gasteiger partial charge is 0.478 e. The first kappa shape index (κ1) is 14.2. The number of ether oxygens (including phenoxy) is 1. The Labute approximate surface area is 128 Å². The van der Waals surface area contributed by atoms with Gasteiger partial charge >= 0.3 is 0 Å². The molecule has 1 amide bonds. The first-order chi connectivity index (χ1) is 10.8. The minimum Gasteiger partial charge on any atom is -0.478 e. The highest BCUT2D eigenvalue weighted by atomic mass is 16.5. The third kappa shape index (κ3) is 2.98. The van der Waals surface area contributed by atoms with Crippen molar-refractivity contribution in [2.75, 3.05) is 25.1 Å². The highest BCUT2D eigenvalue weighted by Gasteiger charge is 2.27. The highest BCUT2D eigenvalue weighted by Crippen LogP contribution is 2.25. The van der Waals surface area contributed by atoms with Crippen molar-refractivity contribution in [3.8, 4) is 5.88 Å². The maximum absolute atomic E-state index is 12.2. The van der Waals surface area contributed by atoms with Crippen LogP contribution in [-0.4, -0.2) is 47.1 Å². The van der Waals surface area contributed by atoms with Gasteiger partial charge in [0.05, 0.1) is 7.11 Å². The van der Waals surface area contributed by atoms with Crippen molar-refractivity contribution in [3.63, 3.8) is 0 Å². The molecular weight excluding hydrogens is 282 g/mol. The SMILES string of the molecule is COc1nccnc1N1CC[C@@H](NC(=O)c2ccncc2)C1. The molecule has 0 radical (unpaired) electrons. The fourth-order valence-corrected chi connectivity index (χ4v) is 2.52. The van der Waals surface area contributed by atoms with Crippen molar-refractivity contribution in [1.82, 2.24) is 20.3 Å². The van der Waals surface area contributed by atoms with Crippen molar-refractivity contribution >= 4 is 11.7 Å². The first-order valence-electron chi connectivity index (χ1n) is 7.09. The average molecular weight is 299 g/mol. The summed E-state index contributed by atoms with van der Waals surface area (Å²) in [7, 11) is 1.58. The molecule has 2 aromatic rings. The zero-order valence-corrected chi connectivity index (χ0v) is 12.3. The molecule has 22 heavy (non-hydrogen) atoms. The molecule has 0 bridgehead atoms. The Morgan fingerprint density at radius 2 is 2.05 bits per heavy atom. The maximum Gasteiger partial charge on any atom is 0.257 e. The van der Waals surface area contributed by atoms with Crippen molar-refractivity contribution < 1.29 is 9.53 Å². The van der Waals surface area contributed by atoms with E-state index in [0.29, 0.717) is 23.8 Å². The second-order valence-corrected chi connectivity index (χ2v) is 5.03. The van der Waals surface area contributed by atoms with Crippen molar-refractivity contribution in [2.45, 2.75) is 12.5 Å². The van der Waals surface area contributed by atoms with Gasteiger partial charge in [0.1, 0.15) is 0 Å². The minimum absolute atomic E-state index is 0.0763. The molecule has 0 spiro atoms. The molecule has 0 unspecified atom stereocenters. The number of amides is 1. The number of nitrogens with one attached hydrogen (secondary N) is 1. The second-order valence-electron chi connectivity index (χ2n) is 5.03. The number of nitrogens with zero attached hydrogens (tertiary/aromatic N) is 4. The van der Waals surface area contributed by atoms with Crippen LogP contribution in [0.25, 0.3) is 0 Å². The van der Waals surface area contributed by atoms with E-state index in [4.69, 9.17) is 4.74 Å². The number of rotatable bonds is 4. The Morgan fingerprint density at radius 3 is 2.82 bits per heavy atom. The predicted molar refractivity (Wildman–Crippen MR) is 80.9 cm³/mol. The number of pyridine rings is 1. The fraction of sp³-hybridized carbons (Fsp3) is 0.333. The van der Waals surface area contributed by atoms with Gasteiger partial charge in [0, 0.05) is 49.5 Å². The van der Waals surface area contributed by atoms with Crippen LogP contribution < -0.4 is 15.0 Å². The van der Waals surface area contributed by atoms with Crippen LogP contribution in [0.3, 0.4) is 0 Å². The van der Waals surface area contributed by atoms with Crippen molar-refractivity contribution in [2.24, 2.45) is 0 Å². The van der Waals surface area contributed by atoms with Gasteiger partial charge in [-0.25, -0.2) is 9.97 Å². The number of hydrogen-bond acceptors (Lipinski definition) is 6. The van der Waals surface area contributed by atoms with E-state index in [9.17, 15) is 4.79 Å². The number of carbonyl (C=O) groups excluding carboxylic acids is 1. The standard InChI is InChI=1S/C15H17N5O2/c1-22-15-13(17-7-8-18-15)20-9-4-12(10-20)19-14(21)11-2-5-16-6-3-11/h2-3,5-8,12H,4,9-10H2,1H3,(H,19,21)/t12-/m1/s1. The van der Waals surface area contributed by atoms with Crippen LogP contribution >= 0.6 is 0 Å². The zero-order valence-electron chi connectivity index (χ0n) is 12.3. The number of anilines is 1. The lowest BCUT2D eigenvalue weighted by molar-refractivity contribution is 0.0940. The van der Waals surface area contributed by atoms with E-state index in [1.807, 2.05) is 0 Å². The molecule has 2 aromatic heterocycles. The molecule has 1 aliphatic rings. The second kappa shape index (κ2) is 6.38. The molecule has 0 saturated carbocycles. The summed E-state index contributed by atoms with van der Waals surface area (Å²) in [5.74, 6) is 1.13. The molecule has 114 valence electrons. The van der Waals surface area contributed by atoms with Crippen LogP contribution in [0.2, 0.25) is 0 Å². The maximum atomic E-state index is 12.2. The van der Waals surface area contributed by atoms with Crippen LogP contribution in [0.15, 0.2) is 36.9 Å². The average Bonchev–Trinajstić information content (AvgIpc) is 3.04. The normalized spacial score (nSPS) is 17.3. The molecule has 3 rings (SSSR count). The summed E-state index contributed by atoms with van der Waals surface area (Å²) in [4.78, 5) is 26.6. The quantitative estimate of drug-likeness (QED) is 0.903. The van der Waals surface area contributed by atoms with Gasteiger partial charge in [0.2, 0.25) is 0 Å². The Balaban J connectivity index is 1.64. The van der Waals surface area contributed by atoms with E-state index in [1.165, 1.54) is 0 Å². The van der Waals surface area contributed by atoms with E-state index in [0.717, 1.165) is 13.0 Å². The summed E-state index contributed by atoms with van der Waals surface area (Å²) in [6, 6.07) is 3.48. The zero-order chi connectivity index (χ0) is 15.4. The van der Waals surface area contributed by atoms with Crippen LogP contribution in [0.1, 0.15) is 16.8 Å². The van der Waals surface area contributed by atoms with Gasteiger partial charge in [0.15, 0.2) is 5.82 Å². The summed E-state index contributed by atoms with van der Waals surface area (Å²) in [6.45, 7) is 1.49. The monoisotopic (exact) mass is 299 g/mol. The van der Waals surface area contributed by atoms with Crippen LogP contribution in [0.5, 0.6) is 5.88 Å². The van der Waals surface area contributed by atoms with Crippen molar-refractivity contribution in [3.05, 3.63) is 42.5 Å². The third-order valence-corrected chi connectivity index (χ3v) is 3.61. The van der Waals surface area contributed by atoms with Gasteiger partial charge < -0.3 is 15.0 Å². The fourth-order valence-electron chi connectivity index (χ4n) is 2.52. The molecule has 1 aliphatic heterocycles. The lowest BCUT2D eigenvalue weighted by Gasteiger charge is -2.19. The molecular formula is C15H17N5O2. The van der Waals surface area contributed by atoms with E-state index in [-0.39, 0.29) is 11.9 Å². The summed E-state index contributed by atoms with van der Waals surface area (Å²) < 4.78 is 5.23. The van der Waals surface area contributed by atoms with Gasteiger partial charge in [-0.15, -0.1) is 0 Å². The molecule has 7 heteroatoms. The number of aromatic nitrogens is 3. The van der Waals surface area contributed by atoms with Gasteiger partial charge in [-0.2, -0.15) is 0 Å². The van der Waals surface area contributed by atoms with E-state index < -0.39 is 0 Å². The van der Waals surface area contributed by atoms with Gasteiger partial charge in [0.25, 0.3) is 11.8 Å². The smallest absolute Gasteiger partial charge is 0.257 e. The van der Waals surface area contributed by atoms with Crippen LogP contribution in [0.4, 0.5) is 5.82 Å². The first-order valence-corrected chi connectivity index (χ1v) is 7.09. The Hall–Kier alpha value is -2.70. The van der Waals surface area contributed by atoms with E-state index >= 15 is 0 Å². The molecule has 1 fully saturated rings. The molecule has 1 atom stereocenters. The molecule has 1 N–H and O–H groups in total. The van der Waals surface area contributed by atoms with Gasteiger partial charge in [-0.1, -0.05) is 0 Å². The molecule has 7 nitrogen and oxygen atoms in total. The minimum atomic E-state index is -0.0830. The summed E-state index contributed by atoms with van der Waals surface area (Å²) in [5.41, 5.74) is 0.616. The number of methoxy groups -OCH3 is 1. The topological polar surface area (TPSA) is 80.2 Å². The Kier molecular flexibility index (Phi) is 4.13. The van der Waals surface area contributed by atoms with E-state index in [2.05, 4.69) is 25.2 Å². The molecule has 3 heterocycles. The third-order valence-electron chi connectivity index (χ3n) is 3.61. The lowest BCUT2D eigenvalue weighted by atomic mass is 10.2. The lowest BCUT2D eigenvalue weighted by Crippen LogP contribution is -2.37. The summed E-state index contributed by atoms with van der Waals surface area (Å²) in [5, 5.41) is 3.03. The van der Waals surface area contributed by atoms with Crippen LogP contribution in [0, 0.1) is 0 Å². The highest BCUT2D eigenvalue weighted by molar-refractivity contribution is 5.94. The number of carbonyl (C=O) groups is 1. The van der Waals surface area contributed by atoms with Crippen LogP contribution in [-0.2, 0) is 0 Å². The number of hydrogen-bond donors (Lipinski definition) is 1. The predicted octanol–water partition coefficient (Wildman–Crippen LogP) is 0.889. The molecule has 0 aromatic carbocycles. The Morgan fingerprint density at radius 1 is 1.27 bits per heavy atom. The van der Waals surface area contributed by atoms with E-state index in [1.54, 1.807) is 44.0 Å². The summed E-state index contributed by atoms with van der Waals surface area (Å²) >= 11 is 0. The molecule has 0 aliphatic carbocycles. The van der Waals surface area contributed by atoms with Gasteiger partial charge in [-0.05, 0) is 18.6 Å². The molecule has 1 saturated heterocycles. The summed E-state index contributed by atoms with van der Waals surface area (Å²) in [6.07, 6.45) is 7.32. The van der Waals surface area contributed by atoms with Gasteiger partial charge in [-0.3, -0.25) is 9.78 Å².